The number of benzene rings is 2. The van der Waals surface area contributed by atoms with E-state index in [0.717, 1.165) is 19.6 Å². The molecule has 8 nitrogen and oxygen atoms in total. The molecular formula is C28H35ClN2O6. The number of carbonyl (C=O) groups excluding carboxylic acids is 2. The lowest BCUT2D eigenvalue weighted by atomic mass is 9.94. The van der Waals surface area contributed by atoms with Gasteiger partial charge in [0.25, 0.3) is 11.7 Å². The first-order valence-corrected chi connectivity index (χ1v) is 12.8. The van der Waals surface area contributed by atoms with Gasteiger partial charge in [-0.3, -0.25) is 9.59 Å². The van der Waals surface area contributed by atoms with Crippen LogP contribution < -0.4 is 14.2 Å². The van der Waals surface area contributed by atoms with Gasteiger partial charge in [-0.15, -0.1) is 0 Å². The first kappa shape index (κ1) is 28.3. The number of hydrogen-bond donors (Lipinski definition) is 1. The predicted molar refractivity (Wildman–Crippen MR) is 144 cm³/mol. The van der Waals surface area contributed by atoms with Crippen LogP contribution in [0.1, 0.15) is 44.4 Å². The van der Waals surface area contributed by atoms with Gasteiger partial charge in [-0.05, 0) is 69.4 Å². The summed E-state index contributed by atoms with van der Waals surface area (Å²) in [6.07, 6.45) is 0.659. The lowest BCUT2D eigenvalue weighted by Gasteiger charge is -2.28. The van der Waals surface area contributed by atoms with Gasteiger partial charge in [-0.1, -0.05) is 25.4 Å². The van der Waals surface area contributed by atoms with Gasteiger partial charge in [0.05, 0.1) is 37.5 Å². The van der Waals surface area contributed by atoms with Crippen molar-refractivity contribution >= 4 is 29.1 Å². The molecule has 1 aliphatic heterocycles. The number of Topliss-reactive ketones (excluding diaryl/α,β-unsaturated/α-hetero) is 1. The fourth-order valence-electron chi connectivity index (χ4n) is 4.57. The SMILES string of the molecule is CCOc1ccc(C(O)=C2C(=O)C(=O)N(CCCN(CC)CC)[C@H]2c2cc(OC)ccc2OC)cc1Cl. The van der Waals surface area contributed by atoms with Crippen LogP contribution in [0.5, 0.6) is 17.2 Å². The van der Waals surface area contributed by atoms with Crippen LogP contribution in [0, 0.1) is 0 Å². The van der Waals surface area contributed by atoms with Gasteiger partial charge in [-0.25, -0.2) is 0 Å². The summed E-state index contributed by atoms with van der Waals surface area (Å²) in [7, 11) is 3.05. The number of nitrogens with zero attached hydrogens (tertiary/aromatic N) is 2. The summed E-state index contributed by atoms with van der Waals surface area (Å²) in [6, 6.07) is 9.08. The molecule has 2 aromatic carbocycles. The molecule has 0 radical (unpaired) electrons. The maximum absolute atomic E-state index is 13.4. The topological polar surface area (TPSA) is 88.5 Å². The predicted octanol–water partition coefficient (Wildman–Crippen LogP) is 4.91. The molecule has 2 aromatic rings. The number of methoxy groups -OCH3 is 2. The van der Waals surface area contributed by atoms with Crippen LogP contribution in [-0.4, -0.2) is 73.6 Å². The zero-order valence-corrected chi connectivity index (χ0v) is 22.8. The van der Waals surface area contributed by atoms with Gasteiger partial charge in [0.1, 0.15) is 23.0 Å². The minimum Gasteiger partial charge on any atom is -0.507 e. The number of rotatable bonds is 12. The number of hydrogen-bond acceptors (Lipinski definition) is 7. The highest BCUT2D eigenvalue weighted by Crippen LogP contribution is 2.44. The molecule has 3 rings (SSSR count). The van der Waals surface area contributed by atoms with Crippen molar-refractivity contribution in [1.29, 1.82) is 0 Å². The van der Waals surface area contributed by atoms with Gasteiger partial charge >= 0.3 is 0 Å². The third kappa shape index (κ3) is 6.02. The Bertz CT molecular complexity index is 1160. The fourth-order valence-corrected chi connectivity index (χ4v) is 4.80. The molecule has 9 heteroatoms. The Hall–Kier alpha value is -3.23. The van der Waals surface area contributed by atoms with Crippen molar-refractivity contribution < 1.29 is 28.9 Å². The molecule has 0 aliphatic carbocycles. The number of ether oxygens (including phenoxy) is 3. The van der Waals surface area contributed by atoms with E-state index in [1.165, 1.54) is 25.2 Å². The van der Waals surface area contributed by atoms with Crippen LogP contribution in [0.4, 0.5) is 0 Å². The van der Waals surface area contributed by atoms with Crippen LogP contribution >= 0.6 is 11.6 Å². The second kappa shape index (κ2) is 12.8. The molecule has 0 unspecified atom stereocenters. The van der Waals surface area contributed by atoms with Gasteiger partial charge in [0.15, 0.2) is 0 Å². The highest BCUT2D eigenvalue weighted by atomic mass is 35.5. The van der Waals surface area contributed by atoms with E-state index in [-0.39, 0.29) is 16.4 Å². The molecule has 37 heavy (non-hydrogen) atoms. The third-order valence-electron chi connectivity index (χ3n) is 6.54. The largest absolute Gasteiger partial charge is 0.507 e. The van der Waals surface area contributed by atoms with E-state index in [1.807, 2.05) is 6.92 Å². The van der Waals surface area contributed by atoms with Crippen LogP contribution in [0.2, 0.25) is 5.02 Å². The summed E-state index contributed by atoms with van der Waals surface area (Å²) in [5.74, 6) is -0.285. The van der Waals surface area contributed by atoms with E-state index in [2.05, 4.69) is 18.7 Å². The molecule has 0 saturated carbocycles. The smallest absolute Gasteiger partial charge is 0.295 e. The lowest BCUT2D eigenvalue weighted by molar-refractivity contribution is -0.140. The van der Waals surface area contributed by atoms with E-state index in [0.29, 0.717) is 47.9 Å². The number of aliphatic hydroxyl groups excluding tert-OH is 1. The lowest BCUT2D eigenvalue weighted by Crippen LogP contribution is -2.33. The number of likely N-dealkylation sites (tertiary alicyclic amines) is 1. The van der Waals surface area contributed by atoms with Crippen LogP contribution in [0.25, 0.3) is 5.76 Å². The standard InChI is InChI=1S/C28H35ClN2O6/c1-6-30(7-2)14-9-15-31-25(20-17-19(35-4)11-13-22(20)36-5)24(27(33)28(31)34)26(32)18-10-12-23(37-8-3)21(29)16-18/h10-13,16-17,25,32H,6-9,14-15H2,1-5H3/t25-/m0/s1. The number of carbonyl (C=O) groups is 2. The number of halogens is 1. The molecule has 1 saturated heterocycles. The summed E-state index contributed by atoms with van der Waals surface area (Å²) in [5.41, 5.74) is 0.823. The van der Waals surface area contributed by atoms with Crippen molar-refractivity contribution in [3.05, 3.63) is 58.1 Å². The summed E-state index contributed by atoms with van der Waals surface area (Å²) < 4.78 is 16.5. The van der Waals surface area contributed by atoms with Crippen molar-refractivity contribution in [2.24, 2.45) is 0 Å². The van der Waals surface area contributed by atoms with E-state index < -0.39 is 17.7 Å². The summed E-state index contributed by atoms with van der Waals surface area (Å²) in [5, 5.41) is 11.7. The Morgan fingerprint density at radius 2 is 1.73 bits per heavy atom. The molecule has 1 fully saturated rings. The average Bonchev–Trinajstić information content (AvgIpc) is 3.16. The Balaban J connectivity index is 2.14. The maximum Gasteiger partial charge on any atom is 0.295 e. The highest BCUT2D eigenvalue weighted by Gasteiger charge is 2.47. The maximum atomic E-state index is 13.4. The Kier molecular flexibility index (Phi) is 9.83. The quantitative estimate of drug-likeness (QED) is 0.237. The minimum absolute atomic E-state index is 0.0281. The van der Waals surface area contributed by atoms with Gasteiger partial charge in [-0.2, -0.15) is 0 Å². The second-order valence-corrected chi connectivity index (χ2v) is 8.97. The van der Waals surface area contributed by atoms with Crippen LogP contribution in [-0.2, 0) is 9.59 Å². The minimum atomic E-state index is -0.868. The molecule has 1 atom stereocenters. The Morgan fingerprint density at radius 3 is 2.32 bits per heavy atom. The summed E-state index contributed by atoms with van der Waals surface area (Å²) in [6.45, 7) is 9.31. The number of amides is 1. The molecule has 1 aliphatic rings. The molecule has 0 bridgehead atoms. The summed E-state index contributed by atoms with van der Waals surface area (Å²) >= 11 is 6.36. The zero-order valence-electron chi connectivity index (χ0n) is 22.0. The molecule has 1 heterocycles. The van der Waals surface area contributed by atoms with Crippen molar-refractivity contribution in [1.82, 2.24) is 9.80 Å². The zero-order chi connectivity index (χ0) is 27.1. The number of ketones is 1. The van der Waals surface area contributed by atoms with E-state index in [4.69, 9.17) is 25.8 Å². The van der Waals surface area contributed by atoms with Crippen LogP contribution in [0.3, 0.4) is 0 Å². The average molecular weight is 531 g/mol. The van der Waals surface area contributed by atoms with Crippen molar-refractivity contribution in [3.8, 4) is 17.2 Å². The van der Waals surface area contributed by atoms with Gasteiger partial charge in [0.2, 0.25) is 0 Å². The van der Waals surface area contributed by atoms with E-state index in [1.54, 1.807) is 30.3 Å². The van der Waals surface area contributed by atoms with Crippen molar-refractivity contribution in [2.45, 2.75) is 33.2 Å². The first-order chi connectivity index (χ1) is 17.8. The molecular weight excluding hydrogens is 496 g/mol. The van der Waals surface area contributed by atoms with Crippen LogP contribution in [0.15, 0.2) is 42.0 Å². The first-order valence-electron chi connectivity index (χ1n) is 12.5. The Labute approximate surface area is 223 Å². The van der Waals surface area contributed by atoms with Gasteiger partial charge < -0.3 is 29.1 Å². The summed E-state index contributed by atoms with van der Waals surface area (Å²) in [4.78, 5) is 30.4. The second-order valence-electron chi connectivity index (χ2n) is 8.56. The van der Waals surface area contributed by atoms with E-state index in [9.17, 15) is 14.7 Å². The van der Waals surface area contributed by atoms with Crippen molar-refractivity contribution in [3.63, 3.8) is 0 Å². The molecule has 0 spiro atoms. The monoisotopic (exact) mass is 530 g/mol. The highest BCUT2D eigenvalue weighted by molar-refractivity contribution is 6.46. The van der Waals surface area contributed by atoms with Crippen molar-refractivity contribution in [2.75, 3.05) is 47.0 Å². The molecule has 1 amide bonds. The molecule has 1 N–H and O–H groups in total. The Morgan fingerprint density at radius 1 is 1.03 bits per heavy atom. The number of aliphatic hydroxyl groups is 1. The third-order valence-corrected chi connectivity index (χ3v) is 6.84. The molecule has 200 valence electrons. The normalized spacial score (nSPS) is 16.9. The molecule has 0 aromatic heterocycles. The van der Waals surface area contributed by atoms with E-state index >= 15 is 0 Å². The van der Waals surface area contributed by atoms with Gasteiger partial charge in [0, 0.05) is 17.7 Å². The fraction of sp³-hybridized carbons (Fsp3) is 0.429.